The Labute approximate surface area is 150 Å². The minimum Gasteiger partial charge on any atom is -0.508 e. The summed E-state index contributed by atoms with van der Waals surface area (Å²) in [6, 6.07) is 12.6. The highest BCUT2D eigenvalue weighted by Gasteiger charge is 2.10. The molecule has 25 heavy (non-hydrogen) atoms. The Kier molecular flexibility index (Phi) is 5.09. The molecule has 0 spiro atoms. The molecule has 5 nitrogen and oxygen atoms in total. The van der Waals surface area contributed by atoms with Gasteiger partial charge in [-0.15, -0.1) is 0 Å². The van der Waals surface area contributed by atoms with Crippen LogP contribution in [0.15, 0.2) is 60.0 Å². The molecular formula is C19H19N3O2S. The van der Waals surface area contributed by atoms with Crippen molar-refractivity contribution in [3.8, 4) is 11.4 Å². The maximum absolute atomic E-state index is 12.1. The zero-order chi connectivity index (χ0) is 17.8. The summed E-state index contributed by atoms with van der Waals surface area (Å²) in [5.41, 5.74) is 4.14. The van der Waals surface area contributed by atoms with E-state index in [1.54, 1.807) is 18.3 Å². The van der Waals surface area contributed by atoms with Crippen molar-refractivity contribution < 1.29 is 9.90 Å². The van der Waals surface area contributed by atoms with E-state index in [4.69, 9.17) is 0 Å². The van der Waals surface area contributed by atoms with E-state index in [0.717, 1.165) is 10.8 Å². The SMILES string of the molecule is Cc1ccc(-n2ccnc2SCC(=O)Nc2ccc(O)cc2)cc1C. The van der Waals surface area contributed by atoms with Crippen LogP contribution in [0.5, 0.6) is 5.75 Å². The fourth-order valence-corrected chi connectivity index (χ4v) is 3.11. The summed E-state index contributed by atoms with van der Waals surface area (Å²) < 4.78 is 1.98. The van der Waals surface area contributed by atoms with E-state index >= 15 is 0 Å². The van der Waals surface area contributed by atoms with Gasteiger partial charge in [0.2, 0.25) is 5.91 Å². The number of rotatable bonds is 5. The molecule has 0 atom stereocenters. The molecule has 3 aromatic rings. The van der Waals surface area contributed by atoms with Crippen LogP contribution in [0.3, 0.4) is 0 Å². The van der Waals surface area contributed by atoms with Crippen LogP contribution >= 0.6 is 11.8 Å². The third-order valence-corrected chi connectivity index (χ3v) is 4.83. The number of hydrogen-bond donors (Lipinski definition) is 2. The zero-order valence-electron chi connectivity index (χ0n) is 14.1. The van der Waals surface area contributed by atoms with Crippen LogP contribution in [-0.4, -0.2) is 26.3 Å². The second-order valence-corrected chi connectivity index (χ2v) is 6.67. The fourth-order valence-electron chi connectivity index (χ4n) is 2.34. The van der Waals surface area contributed by atoms with Crippen LogP contribution in [0, 0.1) is 13.8 Å². The molecule has 0 aliphatic carbocycles. The predicted octanol–water partition coefficient (Wildman–Crippen LogP) is 3.93. The first-order chi connectivity index (χ1) is 12.0. The molecule has 2 aromatic carbocycles. The number of aryl methyl sites for hydroxylation is 2. The van der Waals surface area contributed by atoms with Gasteiger partial charge in [-0.3, -0.25) is 9.36 Å². The number of imidazole rings is 1. The number of hydrogen-bond acceptors (Lipinski definition) is 4. The number of anilines is 1. The van der Waals surface area contributed by atoms with Crippen LogP contribution in [0.1, 0.15) is 11.1 Å². The minimum atomic E-state index is -0.120. The van der Waals surface area contributed by atoms with Crippen molar-refractivity contribution in [1.29, 1.82) is 0 Å². The molecule has 0 bridgehead atoms. The van der Waals surface area contributed by atoms with Crippen LogP contribution < -0.4 is 5.32 Å². The van der Waals surface area contributed by atoms with E-state index in [9.17, 15) is 9.90 Å². The molecule has 128 valence electrons. The van der Waals surface area contributed by atoms with Gasteiger partial charge >= 0.3 is 0 Å². The van der Waals surface area contributed by atoms with E-state index in [1.807, 2.05) is 16.8 Å². The first-order valence-corrected chi connectivity index (χ1v) is 8.84. The number of carbonyl (C=O) groups excluding carboxylic acids is 1. The summed E-state index contributed by atoms with van der Waals surface area (Å²) in [4.78, 5) is 16.5. The van der Waals surface area contributed by atoms with Crippen LogP contribution in [0.2, 0.25) is 0 Å². The van der Waals surface area contributed by atoms with Crippen molar-refractivity contribution in [3.05, 3.63) is 66.0 Å². The second-order valence-electron chi connectivity index (χ2n) is 5.73. The molecule has 3 rings (SSSR count). The summed E-state index contributed by atoms with van der Waals surface area (Å²) in [5.74, 6) is 0.302. The standard InChI is InChI=1S/C19H19N3O2S/c1-13-3-6-16(11-14(13)2)22-10-9-20-19(22)25-12-18(24)21-15-4-7-17(23)8-5-15/h3-11,23H,12H2,1-2H3,(H,21,24). The highest BCUT2D eigenvalue weighted by atomic mass is 32.2. The van der Waals surface area contributed by atoms with E-state index < -0.39 is 0 Å². The lowest BCUT2D eigenvalue weighted by atomic mass is 10.1. The van der Waals surface area contributed by atoms with Crippen molar-refractivity contribution in [2.45, 2.75) is 19.0 Å². The normalized spacial score (nSPS) is 10.6. The van der Waals surface area contributed by atoms with Gasteiger partial charge in [0.25, 0.3) is 0 Å². The van der Waals surface area contributed by atoms with E-state index in [0.29, 0.717) is 5.69 Å². The molecular weight excluding hydrogens is 334 g/mol. The van der Waals surface area contributed by atoms with Crippen molar-refractivity contribution in [2.24, 2.45) is 0 Å². The number of thioether (sulfide) groups is 1. The number of benzene rings is 2. The monoisotopic (exact) mass is 353 g/mol. The summed E-state index contributed by atoms with van der Waals surface area (Å²) in [6.45, 7) is 4.16. The van der Waals surface area contributed by atoms with Gasteiger partial charge < -0.3 is 10.4 Å². The maximum Gasteiger partial charge on any atom is 0.234 e. The van der Waals surface area contributed by atoms with E-state index in [2.05, 4.69) is 36.3 Å². The molecule has 0 aliphatic rings. The molecule has 0 fully saturated rings. The predicted molar refractivity (Wildman–Crippen MR) is 100 cm³/mol. The zero-order valence-corrected chi connectivity index (χ0v) is 14.9. The van der Waals surface area contributed by atoms with E-state index in [1.165, 1.54) is 35.0 Å². The number of phenols is 1. The van der Waals surface area contributed by atoms with Crippen LogP contribution in [-0.2, 0) is 4.79 Å². The Bertz CT molecular complexity index is 888. The lowest BCUT2D eigenvalue weighted by Gasteiger charge is -2.10. The largest absolute Gasteiger partial charge is 0.508 e. The molecule has 6 heteroatoms. The first-order valence-electron chi connectivity index (χ1n) is 7.85. The molecule has 1 heterocycles. The van der Waals surface area contributed by atoms with Gasteiger partial charge in [0.15, 0.2) is 5.16 Å². The molecule has 0 saturated heterocycles. The Morgan fingerprint density at radius 3 is 2.64 bits per heavy atom. The summed E-state index contributed by atoms with van der Waals surface area (Å²) in [5, 5.41) is 12.8. The first kappa shape index (κ1) is 17.1. The van der Waals surface area contributed by atoms with Crippen molar-refractivity contribution >= 4 is 23.4 Å². The quantitative estimate of drug-likeness (QED) is 0.539. The number of aromatic hydroxyl groups is 1. The lowest BCUT2D eigenvalue weighted by molar-refractivity contribution is -0.113. The van der Waals surface area contributed by atoms with Gasteiger partial charge in [0.1, 0.15) is 5.75 Å². The average Bonchev–Trinajstić information content (AvgIpc) is 3.06. The highest BCUT2D eigenvalue weighted by molar-refractivity contribution is 7.99. The number of nitrogens with zero attached hydrogens (tertiary/aromatic N) is 2. The van der Waals surface area contributed by atoms with Gasteiger partial charge in [0, 0.05) is 23.8 Å². The van der Waals surface area contributed by atoms with Crippen LogP contribution in [0.25, 0.3) is 5.69 Å². The van der Waals surface area contributed by atoms with Crippen molar-refractivity contribution in [2.75, 3.05) is 11.1 Å². The third-order valence-electron chi connectivity index (χ3n) is 3.86. The number of phenolic OH excluding ortho intramolecular Hbond substituents is 1. The maximum atomic E-state index is 12.1. The van der Waals surface area contributed by atoms with Crippen molar-refractivity contribution in [1.82, 2.24) is 9.55 Å². The Morgan fingerprint density at radius 2 is 1.92 bits per heavy atom. The van der Waals surface area contributed by atoms with Gasteiger partial charge in [-0.2, -0.15) is 0 Å². The fraction of sp³-hybridized carbons (Fsp3) is 0.158. The third kappa shape index (κ3) is 4.22. The average molecular weight is 353 g/mol. The van der Waals surface area contributed by atoms with Crippen LogP contribution in [0.4, 0.5) is 5.69 Å². The Balaban J connectivity index is 1.66. The molecule has 0 saturated carbocycles. The lowest BCUT2D eigenvalue weighted by Crippen LogP contribution is -2.14. The second kappa shape index (κ2) is 7.44. The van der Waals surface area contributed by atoms with E-state index in [-0.39, 0.29) is 17.4 Å². The molecule has 0 unspecified atom stereocenters. The van der Waals surface area contributed by atoms with Gasteiger partial charge in [-0.25, -0.2) is 4.98 Å². The van der Waals surface area contributed by atoms with Gasteiger partial charge in [-0.05, 0) is 61.4 Å². The van der Waals surface area contributed by atoms with Crippen molar-refractivity contribution in [3.63, 3.8) is 0 Å². The molecule has 1 amide bonds. The summed E-state index contributed by atoms with van der Waals surface area (Å²) in [7, 11) is 0. The van der Waals surface area contributed by atoms with Gasteiger partial charge in [0.05, 0.1) is 5.75 Å². The van der Waals surface area contributed by atoms with Gasteiger partial charge in [-0.1, -0.05) is 17.8 Å². The molecule has 0 radical (unpaired) electrons. The molecule has 2 N–H and O–H groups in total. The summed E-state index contributed by atoms with van der Waals surface area (Å²) in [6.07, 6.45) is 3.62. The Morgan fingerprint density at radius 1 is 1.16 bits per heavy atom. The molecule has 1 aromatic heterocycles. The number of amides is 1. The minimum absolute atomic E-state index is 0.120. The number of carbonyl (C=O) groups is 1. The molecule has 0 aliphatic heterocycles. The number of nitrogens with one attached hydrogen (secondary N) is 1. The summed E-state index contributed by atoms with van der Waals surface area (Å²) >= 11 is 1.38. The topological polar surface area (TPSA) is 67.2 Å². The highest BCUT2D eigenvalue weighted by Crippen LogP contribution is 2.22. The number of aromatic nitrogens is 2. The Hall–Kier alpha value is -2.73. The smallest absolute Gasteiger partial charge is 0.234 e.